The Morgan fingerprint density at radius 3 is 2.80 bits per heavy atom. The van der Waals surface area contributed by atoms with Crippen molar-refractivity contribution in [3.8, 4) is 11.4 Å². The van der Waals surface area contributed by atoms with Crippen molar-refractivity contribution >= 4 is 40.1 Å². The average molecular weight is 441 g/mol. The first-order valence-corrected chi connectivity index (χ1v) is 10.1. The zero-order valence-electron chi connectivity index (χ0n) is 15.8. The van der Waals surface area contributed by atoms with Gasteiger partial charge in [0.25, 0.3) is 5.91 Å². The Morgan fingerprint density at radius 2 is 2.00 bits per heavy atom. The monoisotopic (exact) mass is 440 g/mol. The standard InChI is InChI=1S/C22H18Cl2N4O2/c23-18-5-4-17(19(24)11-18)13-28-8-6-16-12-26-20(27-21(16)28)14-2-1-3-15(10-14)22(30)25-7-9-29/h1-6,8,10-12,29H,7,9,13H2,(H,25,30). The second-order valence-corrected chi connectivity index (χ2v) is 7.56. The average Bonchev–Trinajstić information content (AvgIpc) is 3.16. The zero-order chi connectivity index (χ0) is 21.1. The van der Waals surface area contributed by atoms with E-state index in [4.69, 9.17) is 33.3 Å². The number of benzene rings is 2. The number of nitrogens with zero attached hydrogens (tertiary/aromatic N) is 3. The third kappa shape index (κ3) is 4.31. The molecule has 0 aliphatic rings. The molecule has 0 bridgehead atoms. The molecule has 0 spiro atoms. The predicted molar refractivity (Wildman–Crippen MR) is 118 cm³/mol. The molecule has 1 amide bonds. The molecule has 2 aromatic heterocycles. The number of amides is 1. The van der Waals surface area contributed by atoms with E-state index in [-0.39, 0.29) is 19.1 Å². The van der Waals surface area contributed by atoms with Crippen LogP contribution in [0.2, 0.25) is 10.0 Å². The van der Waals surface area contributed by atoms with Crippen LogP contribution in [0.15, 0.2) is 60.9 Å². The van der Waals surface area contributed by atoms with Gasteiger partial charge < -0.3 is 15.0 Å². The Kier molecular flexibility index (Phi) is 5.99. The zero-order valence-corrected chi connectivity index (χ0v) is 17.4. The summed E-state index contributed by atoms with van der Waals surface area (Å²) in [6.07, 6.45) is 3.70. The number of carbonyl (C=O) groups excluding carboxylic acids is 1. The third-order valence-electron chi connectivity index (χ3n) is 4.64. The molecule has 30 heavy (non-hydrogen) atoms. The van der Waals surface area contributed by atoms with E-state index in [2.05, 4.69) is 10.3 Å². The van der Waals surface area contributed by atoms with E-state index in [1.807, 2.05) is 35.0 Å². The Bertz CT molecular complexity index is 1220. The summed E-state index contributed by atoms with van der Waals surface area (Å²) in [5.41, 5.74) is 2.90. The number of aliphatic hydroxyl groups is 1. The molecule has 6 nitrogen and oxygen atoms in total. The van der Waals surface area contributed by atoms with Crippen LogP contribution in [0.1, 0.15) is 15.9 Å². The van der Waals surface area contributed by atoms with E-state index in [0.717, 1.165) is 22.2 Å². The molecule has 0 radical (unpaired) electrons. The maximum Gasteiger partial charge on any atom is 0.251 e. The highest BCUT2D eigenvalue weighted by Crippen LogP contribution is 2.25. The molecule has 2 N–H and O–H groups in total. The van der Waals surface area contributed by atoms with Gasteiger partial charge >= 0.3 is 0 Å². The smallest absolute Gasteiger partial charge is 0.251 e. The highest BCUT2D eigenvalue weighted by atomic mass is 35.5. The van der Waals surface area contributed by atoms with Gasteiger partial charge in [-0.15, -0.1) is 0 Å². The number of rotatable bonds is 6. The lowest BCUT2D eigenvalue weighted by Crippen LogP contribution is -2.26. The fraction of sp³-hybridized carbons (Fsp3) is 0.136. The van der Waals surface area contributed by atoms with Crippen molar-refractivity contribution in [2.45, 2.75) is 6.54 Å². The minimum Gasteiger partial charge on any atom is -0.395 e. The third-order valence-corrected chi connectivity index (χ3v) is 5.23. The van der Waals surface area contributed by atoms with Gasteiger partial charge in [-0.25, -0.2) is 9.97 Å². The number of carbonyl (C=O) groups is 1. The number of hydrogen-bond donors (Lipinski definition) is 2. The lowest BCUT2D eigenvalue weighted by Gasteiger charge is -2.09. The summed E-state index contributed by atoms with van der Waals surface area (Å²) in [6, 6.07) is 14.4. The van der Waals surface area contributed by atoms with Gasteiger partial charge in [-0.2, -0.15) is 0 Å². The molecule has 2 heterocycles. The SMILES string of the molecule is O=C(NCCO)c1cccc(-c2ncc3ccn(Cc4ccc(Cl)cc4Cl)c3n2)c1. The first-order valence-electron chi connectivity index (χ1n) is 9.30. The van der Waals surface area contributed by atoms with Crippen molar-refractivity contribution in [2.24, 2.45) is 0 Å². The van der Waals surface area contributed by atoms with Crippen molar-refractivity contribution in [1.29, 1.82) is 0 Å². The van der Waals surface area contributed by atoms with Crippen molar-refractivity contribution in [2.75, 3.05) is 13.2 Å². The van der Waals surface area contributed by atoms with E-state index >= 15 is 0 Å². The molecular formula is C22H18Cl2N4O2. The summed E-state index contributed by atoms with van der Waals surface area (Å²) in [5.74, 6) is 0.259. The van der Waals surface area contributed by atoms with Crippen molar-refractivity contribution in [1.82, 2.24) is 19.9 Å². The molecule has 152 valence electrons. The summed E-state index contributed by atoms with van der Waals surface area (Å²) in [4.78, 5) is 21.4. The first-order chi connectivity index (χ1) is 14.5. The molecule has 0 saturated heterocycles. The summed E-state index contributed by atoms with van der Waals surface area (Å²) in [6.45, 7) is 0.631. The molecule has 0 saturated carbocycles. The second kappa shape index (κ2) is 8.83. The van der Waals surface area contributed by atoms with Gasteiger partial charge in [0.2, 0.25) is 0 Å². The normalized spacial score (nSPS) is 11.0. The van der Waals surface area contributed by atoms with Crippen LogP contribution in [-0.4, -0.2) is 38.7 Å². The minimum absolute atomic E-state index is 0.111. The minimum atomic E-state index is -0.257. The van der Waals surface area contributed by atoms with E-state index in [9.17, 15) is 4.79 Å². The molecule has 8 heteroatoms. The Balaban J connectivity index is 1.67. The number of halogens is 2. The van der Waals surface area contributed by atoms with Crippen molar-refractivity contribution in [3.05, 3.63) is 82.1 Å². The van der Waals surface area contributed by atoms with Gasteiger partial charge in [-0.3, -0.25) is 4.79 Å². The second-order valence-electron chi connectivity index (χ2n) is 6.71. The molecule has 0 atom stereocenters. The molecule has 4 aromatic rings. The van der Waals surface area contributed by atoms with Gasteiger partial charge in [0, 0.05) is 45.5 Å². The molecule has 2 aromatic carbocycles. The van der Waals surface area contributed by atoms with Crippen LogP contribution in [0.25, 0.3) is 22.4 Å². The molecular weight excluding hydrogens is 423 g/mol. The van der Waals surface area contributed by atoms with Gasteiger partial charge in [-0.05, 0) is 35.9 Å². The number of hydrogen-bond acceptors (Lipinski definition) is 4. The fourth-order valence-electron chi connectivity index (χ4n) is 3.14. The van der Waals surface area contributed by atoms with Crippen LogP contribution in [0.5, 0.6) is 0 Å². The van der Waals surface area contributed by atoms with E-state index in [0.29, 0.717) is 28.0 Å². The van der Waals surface area contributed by atoms with Gasteiger partial charge in [0.15, 0.2) is 5.82 Å². The van der Waals surface area contributed by atoms with E-state index in [1.54, 1.807) is 30.5 Å². The quantitative estimate of drug-likeness (QED) is 0.471. The van der Waals surface area contributed by atoms with Crippen LogP contribution in [0.3, 0.4) is 0 Å². The Hall–Kier alpha value is -2.93. The highest BCUT2D eigenvalue weighted by molar-refractivity contribution is 6.35. The maximum absolute atomic E-state index is 12.2. The summed E-state index contributed by atoms with van der Waals surface area (Å²) in [5, 5.41) is 13.6. The Labute approximate surface area is 183 Å². The van der Waals surface area contributed by atoms with Crippen molar-refractivity contribution < 1.29 is 9.90 Å². The van der Waals surface area contributed by atoms with Crippen LogP contribution < -0.4 is 5.32 Å². The Morgan fingerprint density at radius 1 is 1.13 bits per heavy atom. The van der Waals surface area contributed by atoms with Crippen LogP contribution in [-0.2, 0) is 6.54 Å². The molecule has 4 rings (SSSR count). The number of aromatic nitrogens is 3. The number of nitrogens with one attached hydrogen (secondary N) is 1. The summed E-state index contributed by atoms with van der Waals surface area (Å²) in [7, 11) is 0. The van der Waals surface area contributed by atoms with Gasteiger partial charge in [-0.1, -0.05) is 41.4 Å². The predicted octanol–water partition coefficient (Wildman–Crippen LogP) is 4.18. The highest BCUT2D eigenvalue weighted by Gasteiger charge is 2.11. The van der Waals surface area contributed by atoms with Crippen LogP contribution >= 0.6 is 23.2 Å². The first kappa shape index (κ1) is 20.3. The molecule has 0 unspecified atom stereocenters. The fourth-order valence-corrected chi connectivity index (χ4v) is 3.61. The number of fused-ring (bicyclic) bond motifs is 1. The lowest BCUT2D eigenvalue weighted by atomic mass is 10.1. The van der Waals surface area contributed by atoms with Crippen LogP contribution in [0.4, 0.5) is 0 Å². The summed E-state index contributed by atoms with van der Waals surface area (Å²) < 4.78 is 1.99. The number of aliphatic hydroxyl groups excluding tert-OH is 1. The van der Waals surface area contributed by atoms with Gasteiger partial charge in [0.1, 0.15) is 5.65 Å². The molecule has 0 aliphatic carbocycles. The van der Waals surface area contributed by atoms with Crippen LogP contribution in [0, 0.1) is 0 Å². The lowest BCUT2D eigenvalue weighted by molar-refractivity contribution is 0.0945. The summed E-state index contributed by atoms with van der Waals surface area (Å²) >= 11 is 12.3. The van der Waals surface area contributed by atoms with E-state index in [1.165, 1.54) is 0 Å². The van der Waals surface area contributed by atoms with Crippen molar-refractivity contribution in [3.63, 3.8) is 0 Å². The van der Waals surface area contributed by atoms with E-state index < -0.39 is 0 Å². The topological polar surface area (TPSA) is 80.0 Å². The maximum atomic E-state index is 12.2. The molecule has 0 fully saturated rings. The largest absolute Gasteiger partial charge is 0.395 e. The molecule has 0 aliphatic heterocycles. The van der Waals surface area contributed by atoms with Gasteiger partial charge in [0.05, 0.1) is 13.2 Å².